The van der Waals surface area contributed by atoms with Crippen LogP contribution in [-0.2, 0) is 11.2 Å². The summed E-state index contributed by atoms with van der Waals surface area (Å²) in [6.07, 6.45) is 1.67. The first-order valence-corrected chi connectivity index (χ1v) is 4.77. The van der Waals surface area contributed by atoms with Gasteiger partial charge in [0, 0.05) is 11.0 Å². The second-order valence-electron chi connectivity index (χ2n) is 4.41. The third kappa shape index (κ3) is 1.31. The van der Waals surface area contributed by atoms with Gasteiger partial charge in [0.05, 0.1) is 5.69 Å². The van der Waals surface area contributed by atoms with Crippen molar-refractivity contribution in [3.8, 4) is 0 Å². The summed E-state index contributed by atoms with van der Waals surface area (Å²) in [4.78, 5) is 11.7. The summed E-state index contributed by atoms with van der Waals surface area (Å²) in [7, 11) is 0. The van der Waals surface area contributed by atoms with Crippen molar-refractivity contribution in [3.05, 3.63) is 11.3 Å². The van der Waals surface area contributed by atoms with Crippen LogP contribution in [0.15, 0.2) is 4.52 Å². The van der Waals surface area contributed by atoms with Gasteiger partial charge < -0.3 is 4.52 Å². The number of fused-ring (bicyclic) bond motifs is 1. The van der Waals surface area contributed by atoms with Gasteiger partial charge in [0.15, 0.2) is 0 Å². The molecule has 1 aliphatic rings. The second-order valence-corrected chi connectivity index (χ2v) is 4.41. The molecule has 0 bridgehead atoms. The van der Waals surface area contributed by atoms with Crippen LogP contribution >= 0.6 is 0 Å². The highest BCUT2D eigenvalue weighted by molar-refractivity contribution is 5.95. The number of carbonyl (C=O) groups is 1. The monoisotopic (exact) mass is 194 g/mol. The van der Waals surface area contributed by atoms with Crippen molar-refractivity contribution in [3.63, 3.8) is 0 Å². The molecule has 4 nitrogen and oxygen atoms in total. The van der Waals surface area contributed by atoms with Gasteiger partial charge in [0.2, 0.25) is 11.8 Å². The molecule has 0 spiro atoms. The number of nitrogens with zero attached hydrogens (tertiary/aromatic N) is 1. The zero-order valence-corrected chi connectivity index (χ0v) is 8.68. The summed E-state index contributed by atoms with van der Waals surface area (Å²) in [5.74, 6) is 0.533. The Morgan fingerprint density at radius 3 is 2.93 bits per heavy atom. The maximum absolute atomic E-state index is 11.7. The Hall–Kier alpha value is -1.32. The lowest BCUT2D eigenvalue weighted by atomic mass is 9.87. The van der Waals surface area contributed by atoms with Gasteiger partial charge in [0.25, 0.3) is 0 Å². The molecule has 0 radical (unpaired) electrons. The van der Waals surface area contributed by atoms with Gasteiger partial charge in [-0.2, -0.15) is 0 Å². The molecule has 4 heteroatoms. The Morgan fingerprint density at radius 1 is 1.50 bits per heavy atom. The average molecular weight is 194 g/mol. The van der Waals surface area contributed by atoms with Crippen molar-refractivity contribution >= 4 is 11.8 Å². The molecule has 76 valence electrons. The zero-order chi connectivity index (χ0) is 10.3. The fraction of sp³-hybridized carbons (Fsp3) is 0.600. The second kappa shape index (κ2) is 2.83. The molecule has 1 amide bonds. The molecular formula is C10H14N2O2. The van der Waals surface area contributed by atoms with E-state index in [0.29, 0.717) is 5.88 Å². The van der Waals surface area contributed by atoms with Gasteiger partial charge in [0.1, 0.15) is 0 Å². The number of aromatic nitrogens is 1. The maximum atomic E-state index is 11.7. The Morgan fingerprint density at radius 2 is 2.21 bits per heavy atom. The molecule has 0 saturated carbocycles. The van der Waals surface area contributed by atoms with Crippen molar-refractivity contribution in [1.82, 2.24) is 5.16 Å². The highest BCUT2D eigenvalue weighted by Gasteiger charge is 2.33. The topological polar surface area (TPSA) is 55.1 Å². The van der Waals surface area contributed by atoms with E-state index in [1.54, 1.807) is 0 Å². The molecule has 1 N–H and O–H groups in total. The van der Waals surface area contributed by atoms with E-state index in [4.69, 9.17) is 4.52 Å². The third-order valence-electron chi connectivity index (χ3n) is 2.83. The van der Waals surface area contributed by atoms with Crippen LogP contribution in [-0.4, -0.2) is 11.1 Å². The number of hydrogen-bond donors (Lipinski definition) is 1. The van der Waals surface area contributed by atoms with Crippen LogP contribution in [0, 0.1) is 12.3 Å². The lowest BCUT2D eigenvalue weighted by Crippen LogP contribution is -2.29. The van der Waals surface area contributed by atoms with Crippen molar-refractivity contribution in [2.75, 3.05) is 5.32 Å². The molecule has 0 fully saturated rings. The highest BCUT2D eigenvalue weighted by Crippen LogP contribution is 2.32. The first kappa shape index (κ1) is 9.24. The predicted octanol–water partition coefficient (Wildman–Crippen LogP) is 1.89. The van der Waals surface area contributed by atoms with E-state index in [9.17, 15) is 4.79 Å². The van der Waals surface area contributed by atoms with Crippen molar-refractivity contribution in [1.29, 1.82) is 0 Å². The minimum absolute atomic E-state index is 0.00685. The number of rotatable bonds is 0. The number of anilines is 1. The fourth-order valence-corrected chi connectivity index (χ4v) is 1.60. The largest absolute Gasteiger partial charge is 0.338 e. The lowest BCUT2D eigenvalue weighted by molar-refractivity contribution is -0.124. The predicted molar refractivity (Wildman–Crippen MR) is 52.0 cm³/mol. The standard InChI is InChI=1S/C10H14N2O2/c1-6-7-4-5-10(2,3)9(13)11-8(7)14-12-6/h4-5H2,1-3H3,(H,11,13). The van der Waals surface area contributed by atoms with Crippen LogP contribution in [0.4, 0.5) is 5.88 Å². The van der Waals surface area contributed by atoms with Crippen LogP contribution in [0.1, 0.15) is 31.5 Å². The minimum atomic E-state index is -0.325. The number of nitrogens with one attached hydrogen (secondary N) is 1. The normalized spacial score (nSPS) is 19.8. The van der Waals surface area contributed by atoms with Gasteiger partial charge in [-0.25, -0.2) is 0 Å². The summed E-state index contributed by atoms with van der Waals surface area (Å²) in [5.41, 5.74) is 1.58. The molecule has 14 heavy (non-hydrogen) atoms. The van der Waals surface area contributed by atoms with Crippen LogP contribution in [0.25, 0.3) is 0 Å². The van der Waals surface area contributed by atoms with E-state index in [0.717, 1.165) is 24.1 Å². The van der Waals surface area contributed by atoms with E-state index in [-0.39, 0.29) is 11.3 Å². The van der Waals surface area contributed by atoms with Crippen LogP contribution in [0.2, 0.25) is 0 Å². The molecule has 0 unspecified atom stereocenters. The molecule has 0 aromatic carbocycles. The van der Waals surface area contributed by atoms with E-state index in [2.05, 4.69) is 10.5 Å². The van der Waals surface area contributed by atoms with E-state index < -0.39 is 0 Å². The Labute approximate surface area is 82.7 Å². The quantitative estimate of drug-likeness (QED) is 0.686. The van der Waals surface area contributed by atoms with Gasteiger partial charge in [-0.1, -0.05) is 19.0 Å². The number of amides is 1. The molecule has 1 aromatic rings. The SMILES string of the molecule is Cc1noc2c1CCC(C)(C)C(=O)N2. The average Bonchev–Trinajstić information content (AvgIpc) is 2.38. The zero-order valence-electron chi connectivity index (χ0n) is 8.68. The summed E-state index contributed by atoms with van der Waals surface area (Å²) in [5, 5.41) is 6.60. The molecule has 2 rings (SSSR count). The number of aryl methyl sites for hydroxylation is 1. The van der Waals surface area contributed by atoms with E-state index in [1.807, 2.05) is 20.8 Å². The molecular weight excluding hydrogens is 180 g/mol. The van der Waals surface area contributed by atoms with Crippen molar-refractivity contribution < 1.29 is 9.32 Å². The fourth-order valence-electron chi connectivity index (χ4n) is 1.60. The van der Waals surface area contributed by atoms with Crippen LogP contribution in [0.5, 0.6) is 0 Å². The van der Waals surface area contributed by atoms with E-state index in [1.165, 1.54) is 0 Å². The van der Waals surface area contributed by atoms with E-state index >= 15 is 0 Å². The lowest BCUT2D eigenvalue weighted by Gasteiger charge is -2.19. The van der Waals surface area contributed by atoms with Gasteiger partial charge in [-0.05, 0) is 19.8 Å². The molecule has 1 aliphatic heterocycles. The summed E-state index contributed by atoms with van der Waals surface area (Å²) >= 11 is 0. The first-order chi connectivity index (χ1) is 6.50. The summed E-state index contributed by atoms with van der Waals surface area (Å²) < 4.78 is 5.05. The van der Waals surface area contributed by atoms with Crippen molar-refractivity contribution in [2.45, 2.75) is 33.6 Å². The third-order valence-corrected chi connectivity index (χ3v) is 2.83. The maximum Gasteiger partial charge on any atom is 0.234 e. The van der Waals surface area contributed by atoms with Gasteiger partial charge >= 0.3 is 0 Å². The first-order valence-electron chi connectivity index (χ1n) is 4.77. The van der Waals surface area contributed by atoms with Crippen molar-refractivity contribution in [2.24, 2.45) is 5.41 Å². The smallest absolute Gasteiger partial charge is 0.234 e. The Balaban J connectivity index is 2.38. The molecule has 1 aromatic heterocycles. The summed E-state index contributed by atoms with van der Waals surface area (Å²) in [6.45, 7) is 5.78. The Bertz CT molecular complexity index is 379. The molecule has 0 aliphatic carbocycles. The van der Waals surface area contributed by atoms with Crippen LogP contribution < -0.4 is 5.32 Å². The highest BCUT2D eigenvalue weighted by atomic mass is 16.5. The molecule has 0 atom stereocenters. The molecule has 0 saturated heterocycles. The number of hydrogen-bond acceptors (Lipinski definition) is 3. The number of carbonyl (C=O) groups excluding carboxylic acids is 1. The minimum Gasteiger partial charge on any atom is -0.338 e. The Kier molecular flexibility index (Phi) is 1.87. The van der Waals surface area contributed by atoms with Crippen LogP contribution in [0.3, 0.4) is 0 Å². The molecule has 2 heterocycles. The van der Waals surface area contributed by atoms with Gasteiger partial charge in [-0.15, -0.1) is 0 Å². The summed E-state index contributed by atoms with van der Waals surface area (Å²) in [6, 6.07) is 0. The van der Waals surface area contributed by atoms with Gasteiger partial charge in [-0.3, -0.25) is 10.1 Å².